The van der Waals surface area contributed by atoms with Crippen LogP contribution in [0.3, 0.4) is 0 Å². The summed E-state index contributed by atoms with van der Waals surface area (Å²) in [6, 6.07) is 0. The van der Waals surface area contributed by atoms with Gasteiger partial charge in [-0.25, -0.2) is 0 Å². The minimum atomic E-state index is -1.13. The molecule has 0 aliphatic carbocycles. The SMILES string of the molecule is CCCCCCCCCCCCCCOP(OCCCC)OCCCCCC. The fourth-order valence-corrected chi connectivity index (χ4v) is 4.20. The predicted octanol–water partition coefficient (Wildman–Crippen LogP) is 9.34. The number of hydrogen-bond acceptors (Lipinski definition) is 3. The Kier molecular flexibility index (Phi) is 25.6. The number of rotatable bonds is 24. The minimum absolute atomic E-state index is 0.760. The molecule has 3 nitrogen and oxygen atoms in total. The Hall–Kier alpha value is 0.310. The summed E-state index contributed by atoms with van der Waals surface area (Å²) in [4.78, 5) is 0. The summed E-state index contributed by atoms with van der Waals surface area (Å²) in [5.41, 5.74) is 0. The van der Waals surface area contributed by atoms with Crippen LogP contribution in [0.5, 0.6) is 0 Å². The first-order valence-corrected chi connectivity index (χ1v) is 13.6. The molecular formula is C24H51O3P. The van der Waals surface area contributed by atoms with E-state index in [1.807, 2.05) is 0 Å². The summed E-state index contributed by atoms with van der Waals surface area (Å²) in [5.74, 6) is 0. The molecule has 0 saturated heterocycles. The van der Waals surface area contributed by atoms with Crippen LogP contribution < -0.4 is 0 Å². The molecule has 0 N–H and O–H groups in total. The van der Waals surface area contributed by atoms with E-state index in [2.05, 4.69) is 20.8 Å². The molecule has 170 valence electrons. The smallest absolute Gasteiger partial charge is 0.312 e. The third-order valence-electron chi connectivity index (χ3n) is 5.08. The van der Waals surface area contributed by atoms with Gasteiger partial charge in [0.1, 0.15) is 0 Å². The molecule has 0 aliphatic rings. The van der Waals surface area contributed by atoms with Crippen LogP contribution in [-0.2, 0) is 13.6 Å². The van der Waals surface area contributed by atoms with Crippen molar-refractivity contribution in [3.8, 4) is 0 Å². The summed E-state index contributed by atoms with van der Waals surface area (Å²) < 4.78 is 17.6. The first-order chi connectivity index (χ1) is 13.8. The van der Waals surface area contributed by atoms with Crippen LogP contribution >= 0.6 is 8.60 Å². The third-order valence-corrected chi connectivity index (χ3v) is 6.26. The lowest BCUT2D eigenvalue weighted by molar-refractivity contribution is 0.154. The lowest BCUT2D eigenvalue weighted by atomic mass is 10.1. The lowest BCUT2D eigenvalue weighted by Gasteiger charge is -2.16. The molecule has 0 aromatic rings. The van der Waals surface area contributed by atoms with E-state index in [0.29, 0.717) is 0 Å². The Bertz CT molecular complexity index is 277. The van der Waals surface area contributed by atoms with Gasteiger partial charge in [-0.2, -0.15) is 0 Å². The largest absolute Gasteiger partial charge is 0.332 e. The average Bonchev–Trinajstić information content (AvgIpc) is 2.71. The van der Waals surface area contributed by atoms with Gasteiger partial charge < -0.3 is 13.6 Å². The molecule has 0 rings (SSSR count). The Morgan fingerprint density at radius 2 is 0.643 bits per heavy atom. The van der Waals surface area contributed by atoms with E-state index in [9.17, 15) is 0 Å². The van der Waals surface area contributed by atoms with E-state index in [4.69, 9.17) is 13.6 Å². The highest BCUT2D eigenvalue weighted by Gasteiger charge is 2.12. The molecule has 0 saturated carbocycles. The molecule has 0 aliphatic heterocycles. The summed E-state index contributed by atoms with van der Waals surface area (Å²) >= 11 is 0. The van der Waals surface area contributed by atoms with Crippen molar-refractivity contribution in [2.75, 3.05) is 19.8 Å². The van der Waals surface area contributed by atoms with E-state index in [1.54, 1.807) is 0 Å². The van der Waals surface area contributed by atoms with E-state index in [-0.39, 0.29) is 0 Å². The second kappa shape index (κ2) is 25.3. The Morgan fingerprint density at radius 3 is 1.04 bits per heavy atom. The standard InChI is InChI=1S/C24H51O3P/c1-4-7-10-12-13-14-15-16-17-18-19-21-24-27-28(25-22-9-6-3)26-23-20-11-8-5-2/h4-24H2,1-3H3. The van der Waals surface area contributed by atoms with E-state index >= 15 is 0 Å². The van der Waals surface area contributed by atoms with Gasteiger partial charge in [0.2, 0.25) is 0 Å². The van der Waals surface area contributed by atoms with Crippen molar-refractivity contribution >= 4 is 8.60 Å². The highest BCUT2D eigenvalue weighted by Crippen LogP contribution is 2.40. The maximum Gasteiger partial charge on any atom is 0.332 e. The van der Waals surface area contributed by atoms with E-state index in [1.165, 1.54) is 89.9 Å². The second-order valence-corrected chi connectivity index (χ2v) is 9.25. The molecule has 1 atom stereocenters. The maximum atomic E-state index is 5.91. The molecule has 0 bridgehead atoms. The fourth-order valence-electron chi connectivity index (χ4n) is 3.15. The van der Waals surface area contributed by atoms with E-state index in [0.717, 1.165) is 45.5 Å². The molecule has 0 amide bonds. The monoisotopic (exact) mass is 418 g/mol. The van der Waals surface area contributed by atoms with Crippen molar-refractivity contribution < 1.29 is 13.6 Å². The zero-order valence-electron chi connectivity index (χ0n) is 19.5. The van der Waals surface area contributed by atoms with Gasteiger partial charge in [-0.15, -0.1) is 0 Å². The van der Waals surface area contributed by atoms with Crippen LogP contribution in [-0.4, -0.2) is 19.8 Å². The Labute approximate surface area is 178 Å². The molecule has 0 heterocycles. The summed E-state index contributed by atoms with van der Waals surface area (Å²) in [7, 11) is -1.13. The van der Waals surface area contributed by atoms with Gasteiger partial charge in [0.25, 0.3) is 0 Å². The van der Waals surface area contributed by atoms with E-state index < -0.39 is 8.60 Å². The topological polar surface area (TPSA) is 27.7 Å². The van der Waals surface area contributed by atoms with Gasteiger partial charge in [0.15, 0.2) is 0 Å². The highest BCUT2D eigenvalue weighted by molar-refractivity contribution is 7.41. The Morgan fingerprint density at radius 1 is 0.357 bits per heavy atom. The Balaban J connectivity index is 3.50. The lowest BCUT2D eigenvalue weighted by Crippen LogP contribution is -2.00. The van der Waals surface area contributed by atoms with Gasteiger partial charge in [-0.05, 0) is 19.3 Å². The molecule has 0 radical (unpaired) electrons. The molecular weight excluding hydrogens is 367 g/mol. The summed E-state index contributed by atoms with van der Waals surface area (Å²) in [5, 5.41) is 0. The first-order valence-electron chi connectivity index (χ1n) is 12.5. The summed E-state index contributed by atoms with van der Waals surface area (Å²) in [6.45, 7) is 9.02. The van der Waals surface area contributed by atoms with Crippen molar-refractivity contribution in [1.29, 1.82) is 0 Å². The van der Waals surface area contributed by atoms with Crippen LogP contribution in [0.1, 0.15) is 136 Å². The fraction of sp³-hybridized carbons (Fsp3) is 1.00. The third kappa shape index (κ3) is 22.6. The van der Waals surface area contributed by atoms with Crippen LogP contribution in [0.15, 0.2) is 0 Å². The zero-order chi connectivity index (χ0) is 20.5. The summed E-state index contributed by atoms with van der Waals surface area (Å²) in [6.07, 6.45) is 23.6. The van der Waals surface area contributed by atoms with Gasteiger partial charge in [-0.3, -0.25) is 0 Å². The van der Waals surface area contributed by atoms with Gasteiger partial charge in [-0.1, -0.05) is 117 Å². The number of unbranched alkanes of at least 4 members (excludes halogenated alkanes) is 15. The predicted molar refractivity (Wildman–Crippen MR) is 125 cm³/mol. The van der Waals surface area contributed by atoms with Crippen molar-refractivity contribution in [1.82, 2.24) is 0 Å². The van der Waals surface area contributed by atoms with Crippen LogP contribution in [0.25, 0.3) is 0 Å². The average molecular weight is 419 g/mol. The van der Waals surface area contributed by atoms with Crippen LogP contribution in [0.4, 0.5) is 0 Å². The van der Waals surface area contributed by atoms with Crippen molar-refractivity contribution in [2.45, 2.75) is 136 Å². The molecule has 0 fully saturated rings. The molecule has 1 unspecified atom stereocenters. The normalized spacial score (nSPS) is 12.5. The second-order valence-electron chi connectivity index (χ2n) is 8.03. The molecule has 0 aromatic heterocycles. The van der Waals surface area contributed by atoms with Crippen molar-refractivity contribution in [3.63, 3.8) is 0 Å². The maximum absolute atomic E-state index is 5.91. The minimum Gasteiger partial charge on any atom is -0.312 e. The van der Waals surface area contributed by atoms with Crippen LogP contribution in [0.2, 0.25) is 0 Å². The van der Waals surface area contributed by atoms with Gasteiger partial charge >= 0.3 is 8.60 Å². The van der Waals surface area contributed by atoms with Crippen molar-refractivity contribution in [2.24, 2.45) is 0 Å². The first kappa shape index (κ1) is 28.3. The highest BCUT2D eigenvalue weighted by atomic mass is 31.2. The van der Waals surface area contributed by atoms with Crippen molar-refractivity contribution in [3.05, 3.63) is 0 Å². The molecule has 0 aromatic carbocycles. The van der Waals surface area contributed by atoms with Gasteiger partial charge in [0.05, 0.1) is 19.8 Å². The quantitative estimate of drug-likeness (QED) is 0.115. The molecule has 28 heavy (non-hydrogen) atoms. The zero-order valence-corrected chi connectivity index (χ0v) is 20.4. The van der Waals surface area contributed by atoms with Crippen LogP contribution in [0, 0.1) is 0 Å². The number of hydrogen-bond donors (Lipinski definition) is 0. The van der Waals surface area contributed by atoms with Gasteiger partial charge in [0, 0.05) is 0 Å². The molecule has 4 heteroatoms. The molecule has 0 spiro atoms.